The summed E-state index contributed by atoms with van der Waals surface area (Å²) < 4.78 is 0. The Morgan fingerprint density at radius 3 is 1.75 bits per heavy atom. The Hall–Kier alpha value is -1.24. The third-order valence-electron chi connectivity index (χ3n) is 5.84. The first kappa shape index (κ1) is 17.6. The lowest BCUT2D eigenvalue weighted by molar-refractivity contribution is 0.422. The van der Waals surface area contributed by atoms with Gasteiger partial charge in [0.05, 0.1) is 0 Å². The highest BCUT2D eigenvalue weighted by Crippen LogP contribution is 2.46. The van der Waals surface area contributed by atoms with Gasteiger partial charge in [-0.05, 0) is 78.0 Å². The van der Waals surface area contributed by atoms with Gasteiger partial charge in [-0.25, -0.2) is 0 Å². The fourth-order valence-corrected chi connectivity index (χ4v) is 4.08. The molecule has 24 heavy (non-hydrogen) atoms. The molecular weight excluding hydrogens is 292 g/mol. The van der Waals surface area contributed by atoms with E-state index in [2.05, 4.69) is 59.8 Å². The van der Waals surface area contributed by atoms with E-state index in [1.54, 1.807) is 0 Å². The lowest BCUT2D eigenvalue weighted by atomic mass is 9.76. The molecule has 132 valence electrons. The van der Waals surface area contributed by atoms with Crippen LogP contribution < -0.4 is 0 Å². The van der Waals surface area contributed by atoms with E-state index in [1.807, 2.05) is 0 Å². The molecule has 0 amide bonds. The minimum absolute atomic E-state index is 0.0497. The second kappa shape index (κ2) is 5.93. The lowest BCUT2D eigenvalue weighted by Gasteiger charge is -2.29. The van der Waals surface area contributed by atoms with Gasteiger partial charge in [-0.3, -0.25) is 0 Å². The number of allylic oxidation sites excluding steroid dienone is 2. The van der Waals surface area contributed by atoms with Crippen molar-refractivity contribution in [2.24, 2.45) is 11.8 Å². The van der Waals surface area contributed by atoms with Crippen LogP contribution in [0.2, 0.25) is 0 Å². The number of aromatic hydroxyl groups is 1. The average molecular weight is 327 g/mol. The van der Waals surface area contributed by atoms with Gasteiger partial charge in [0.1, 0.15) is 5.75 Å². The van der Waals surface area contributed by atoms with Gasteiger partial charge in [0, 0.05) is 11.1 Å². The summed E-state index contributed by atoms with van der Waals surface area (Å²) >= 11 is 0. The monoisotopic (exact) mass is 326 g/mol. The highest BCUT2D eigenvalue weighted by atomic mass is 16.3. The summed E-state index contributed by atoms with van der Waals surface area (Å²) in [7, 11) is 0. The highest BCUT2D eigenvalue weighted by Gasteiger charge is 2.32. The SMILES string of the molecule is CC(C)(C)c1cc(C2=CCC(C3CC3)CC2)cc(C(C)(C)C)c1O. The van der Waals surface area contributed by atoms with Crippen molar-refractivity contribution in [3.63, 3.8) is 0 Å². The molecule has 2 aliphatic carbocycles. The molecule has 1 aromatic carbocycles. The summed E-state index contributed by atoms with van der Waals surface area (Å²) in [5.41, 5.74) is 4.88. The van der Waals surface area contributed by atoms with E-state index < -0.39 is 0 Å². The van der Waals surface area contributed by atoms with Gasteiger partial charge in [-0.1, -0.05) is 47.6 Å². The van der Waals surface area contributed by atoms with E-state index in [0.29, 0.717) is 5.75 Å². The molecule has 1 fully saturated rings. The van der Waals surface area contributed by atoms with Crippen LogP contribution in [0.15, 0.2) is 18.2 Å². The molecule has 1 saturated carbocycles. The Bertz CT molecular complexity index is 613. The van der Waals surface area contributed by atoms with Gasteiger partial charge in [0.2, 0.25) is 0 Å². The van der Waals surface area contributed by atoms with Gasteiger partial charge in [0.15, 0.2) is 0 Å². The van der Waals surface area contributed by atoms with Crippen LogP contribution in [0.5, 0.6) is 5.75 Å². The Morgan fingerprint density at radius 1 is 0.833 bits per heavy atom. The second-order valence-electron chi connectivity index (χ2n) is 10.0. The number of phenolic OH excluding ortho intramolecular Hbond substituents is 1. The van der Waals surface area contributed by atoms with Crippen molar-refractivity contribution >= 4 is 5.57 Å². The maximum atomic E-state index is 10.9. The molecule has 1 aromatic rings. The van der Waals surface area contributed by atoms with E-state index in [4.69, 9.17) is 0 Å². The van der Waals surface area contributed by atoms with Crippen LogP contribution in [0, 0.1) is 11.8 Å². The molecule has 0 aliphatic heterocycles. The molecule has 1 heteroatoms. The molecule has 0 saturated heterocycles. The summed E-state index contributed by atoms with van der Waals surface area (Å²) in [6.45, 7) is 13.1. The van der Waals surface area contributed by atoms with Crippen molar-refractivity contribution in [1.82, 2.24) is 0 Å². The minimum atomic E-state index is -0.0497. The number of hydrogen-bond donors (Lipinski definition) is 1. The second-order valence-corrected chi connectivity index (χ2v) is 10.0. The van der Waals surface area contributed by atoms with Crippen molar-refractivity contribution in [2.75, 3.05) is 0 Å². The first-order chi connectivity index (χ1) is 11.1. The van der Waals surface area contributed by atoms with Gasteiger partial charge >= 0.3 is 0 Å². The van der Waals surface area contributed by atoms with Crippen LogP contribution in [0.4, 0.5) is 0 Å². The van der Waals surface area contributed by atoms with Crippen LogP contribution >= 0.6 is 0 Å². The van der Waals surface area contributed by atoms with Crippen LogP contribution in [0.3, 0.4) is 0 Å². The normalized spacial score (nSPS) is 22.4. The highest BCUT2D eigenvalue weighted by molar-refractivity contribution is 5.70. The molecule has 1 N–H and O–H groups in total. The first-order valence-electron chi connectivity index (χ1n) is 9.65. The van der Waals surface area contributed by atoms with E-state index in [9.17, 15) is 5.11 Å². The Balaban J connectivity index is 2.01. The maximum Gasteiger partial charge on any atom is 0.123 e. The zero-order chi connectivity index (χ0) is 17.7. The van der Waals surface area contributed by atoms with Crippen molar-refractivity contribution in [3.8, 4) is 5.75 Å². The molecule has 0 spiro atoms. The smallest absolute Gasteiger partial charge is 0.123 e. The van der Waals surface area contributed by atoms with Gasteiger partial charge in [0.25, 0.3) is 0 Å². The molecule has 0 aromatic heterocycles. The minimum Gasteiger partial charge on any atom is -0.507 e. The van der Waals surface area contributed by atoms with E-state index in [1.165, 1.54) is 43.2 Å². The molecule has 0 radical (unpaired) electrons. The number of hydrogen-bond acceptors (Lipinski definition) is 1. The van der Waals surface area contributed by atoms with Gasteiger partial charge < -0.3 is 5.11 Å². The molecule has 0 bridgehead atoms. The molecule has 1 atom stereocenters. The molecule has 0 heterocycles. The fraction of sp³-hybridized carbons (Fsp3) is 0.652. The average Bonchev–Trinajstić information content (AvgIpc) is 3.30. The Kier molecular flexibility index (Phi) is 4.35. The number of benzene rings is 1. The van der Waals surface area contributed by atoms with Crippen LogP contribution in [0.1, 0.15) is 90.3 Å². The molecule has 1 unspecified atom stereocenters. The molecule has 1 nitrogen and oxygen atoms in total. The lowest BCUT2D eigenvalue weighted by Crippen LogP contribution is -2.18. The first-order valence-corrected chi connectivity index (χ1v) is 9.65. The Morgan fingerprint density at radius 2 is 1.38 bits per heavy atom. The van der Waals surface area contributed by atoms with Crippen LogP contribution in [-0.4, -0.2) is 5.11 Å². The zero-order valence-electron chi connectivity index (χ0n) is 16.4. The van der Waals surface area contributed by atoms with Crippen LogP contribution in [0.25, 0.3) is 5.57 Å². The largest absolute Gasteiger partial charge is 0.507 e. The maximum absolute atomic E-state index is 10.9. The van der Waals surface area contributed by atoms with Crippen molar-refractivity contribution in [1.29, 1.82) is 0 Å². The third kappa shape index (κ3) is 3.55. The predicted octanol–water partition coefficient (Wildman–Crippen LogP) is 6.58. The Labute approximate surface area is 148 Å². The van der Waals surface area contributed by atoms with Gasteiger partial charge in [-0.15, -0.1) is 0 Å². The van der Waals surface area contributed by atoms with Crippen molar-refractivity contribution in [2.45, 2.75) is 84.5 Å². The summed E-state index contributed by atoms with van der Waals surface area (Å²) in [5, 5.41) is 10.9. The topological polar surface area (TPSA) is 20.2 Å². The van der Waals surface area contributed by atoms with E-state index in [-0.39, 0.29) is 10.8 Å². The number of rotatable bonds is 2. The summed E-state index contributed by atoms with van der Waals surface area (Å²) in [4.78, 5) is 0. The van der Waals surface area contributed by atoms with Gasteiger partial charge in [-0.2, -0.15) is 0 Å². The molecule has 2 aliphatic rings. The van der Waals surface area contributed by atoms with E-state index >= 15 is 0 Å². The van der Waals surface area contributed by atoms with E-state index in [0.717, 1.165) is 23.0 Å². The standard InChI is InChI=1S/C23H34O/c1-22(2,3)19-13-18(14-20(21(19)24)23(4,5)6)17-11-9-16(10-12-17)15-7-8-15/h11,13-16,24H,7-10,12H2,1-6H3. The fourth-order valence-electron chi connectivity index (χ4n) is 4.08. The summed E-state index contributed by atoms with van der Waals surface area (Å²) in [6.07, 6.45) is 9.17. The van der Waals surface area contributed by atoms with Crippen LogP contribution in [-0.2, 0) is 10.8 Å². The van der Waals surface area contributed by atoms with Crippen molar-refractivity contribution in [3.05, 3.63) is 34.9 Å². The molecular formula is C23H34O. The summed E-state index contributed by atoms with van der Waals surface area (Å²) in [5.74, 6) is 2.43. The predicted molar refractivity (Wildman–Crippen MR) is 104 cm³/mol. The third-order valence-corrected chi connectivity index (χ3v) is 5.84. The van der Waals surface area contributed by atoms with Crippen molar-refractivity contribution < 1.29 is 5.11 Å². The molecule has 3 rings (SSSR count). The number of phenols is 1. The zero-order valence-corrected chi connectivity index (χ0v) is 16.4. The summed E-state index contributed by atoms with van der Waals surface area (Å²) in [6, 6.07) is 4.49. The quantitative estimate of drug-likeness (QED) is 0.650.